The summed E-state index contributed by atoms with van der Waals surface area (Å²) in [5.41, 5.74) is 0.889. The Kier molecular flexibility index (Phi) is 4.90. The van der Waals surface area contributed by atoms with Gasteiger partial charge in [0.05, 0.1) is 0 Å². The van der Waals surface area contributed by atoms with E-state index in [9.17, 15) is 5.11 Å². The maximum atomic E-state index is 9.76. The molecule has 0 spiro atoms. The summed E-state index contributed by atoms with van der Waals surface area (Å²) in [5.74, 6) is 1.19. The molecule has 2 unspecified atom stereocenters. The van der Waals surface area contributed by atoms with E-state index in [-0.39, 0.29) is 0 Å². The molecule has 1 aliphatic carbocycles. The lowest BCUT2D eigenvalue weighted by atomic mass is 10.0. The molecule has 2 rings (SSSR count). The number of hydrogen-bond donors (Lipinski definition) is 2. The third-order valence-corrected chi connectivity index (χ3v) is 4.12. The first-order valence-corrected chi connectivity index (χ1v) is 7.23. The summed E-state index contributed by atoms with van der Waals surface area (Å²) >= 11 is 5.94. The highest BCUT2D eigenvalue weighted by molar-refractivity contribution is 6.30. The highest BCUT2D eigenvalue weighted by Crippen LogP contribution is 2.24. The Labute approximate surface area is 114 Å². The topological polar surface area (TPSA) is 32.3 Å². The lowest BCUT2D eigenvalue weighted by molar-refractivity contribution is 0.432. The first-order chi connectivity index (χ1) is 8.65. The van der Waals surface area contributed by atoms with Crippen LogP contribution in [0, 0.1) is 5.92 Å². The van der Waals surface area contributed by atoms with E-state index in [1.54, 1.807) is 12.1 Å². The Morgan fingerprint density at radius 1 is 1.28 bits per heavy atom. The van der Waals surface area contributed by atoms with E-state index in [0.29, 0.717) is 23.4 Å². The molecule has 18 heavy (non-hydrogen) atoms. The maximum absolute atomic E-state index is 9.76. The molecule has 100 valence electrons. The normalized spacial score (nSPS) is 24.8. The quantitative estimate of drug-likeness (QED) is 0.808. The number of aromatic hydroxyl groups is 1. The second kappa shape index (κ2) is 6.44. The zero-order chi connectivity index (χ0) is 13.0. The molecular formula is C15H22ClNO. The van der Waals surface area contributed by atoms with Gasteiger partial charge in [-0.25, -0.2) is 0 Å². The van der Waals surface area contributed by atoms with E-state index in [0.717, 1.165) is 11.5 Å². The third kappa shape index (κ3) is 3.89. The van der Waals surface area contributed by atoms with Crippen LogP contribution < -0.4 is 5.32 Å². The molecule has 0 bridgehead atoms. The summed E-state index contributed by atoms with van der Waals surface area (Å²) in [5, 5.41) is 14.0. The lowest BCUT2D eigenvalue weighted by Gasteiger charge is -2.17. The summed E-state index contributed by atoms with van der Waals surface area (Å²) in [4.78, 5) is 0. The van der Waals surface area contributed by atoms with E-state index >= 15 is 0 Å². The van der Waals surface area contributed by atoms with Gasteiger partial charge in [-0.2, -0.15) is 0 Å². The molecule has 1 aromatic rings. The first-order valence-electron chi connectivity index (χ1n) is 6.86. The van der Waals surface area contributed by atoms with E-state index in [2.05, 4.69) is 12.2 Å². The van der Waals surface area contributed by atoms with Crippen molar-refractivity contribution in [1.29, 1.82) is 0 Å². The number of nitrogens with one attached hydrogen (secondary N) is 1. The van der Waals surface area contributed by atoms with Crippen molar-refractivity contribution in [2.75, 3.05) is 0 Å². The Morgan fingerprint density at radius 2 is 2.11 bits per heavy atom. The molecular weight excluding hydrogens is 246 g/mol. The van der Waals surface area contributed by atoms with Crippen LogP contribution in [0.15, 0.2) is 18.2 Å². The molecule has 2 atom stereocenters. The van der Waals surface area contributed by atoms with Gasteiger partial charge in [-0.1, -0.05) is 31.4 Å². The zero-order valence-electron chi connectivity index (χ0n) is 11.0. The Hall–Kier alpha value is -0.730. The summed E-state index contributed by atoms with van der Waals surface area (Å²) in [6.07, 6.45) is 6.44. The smallest absolute Gasteiger partial charge is 0.120 e. The fraction of sp³-hybridized carbons (Fsp3) is 0.600. The number of rotatable bonds is 3. The maximum Gasteiger partial charge on any atom is 0.120 e. The fourth-order valence-corrected chi connectivity index (χ4v) is 2.84. The van der Waals surface area contributed by atoms with Gasteiger partial charge in [0.1, 0.15) is 5.75 Å². The molecule has 0 aliphatic heterocycles. The van der Waals surface area contributed by atoms with Gasteiger partial charge in [0.25, 0.3) is 0 Å². The van der Waals surface area contributed by atoms with E-state index in [4.69, 9.17) is 11.6 Å². The van der Waals surface area contributed by atoms with Gasteiger partial charge in [-0.05, 0) is 43.4 Å². The fourth-order valence-electron chi connectivity index (χ4n) is 2.64. The SMILES string of the molecule is CC1CCCC(NCc2cc(Cl)ccc2O)CC1. The van der Waals surface area contributed by atoms with Gasteiger partial charge >= 0.3 is 0 Å². The first kappa shape index (κ1) is 13.7. The van der Waals surface area contributed by atoms with Crippen molar-refractivity contribution in [1.82, 2.24) is 5.32 Å². The average Bonchev–Trinajstić information content (AvgIpc) is 2.55. The van der Waals surface area contributed by atoms with Crippen molar-refractivity contribution in [2.24, 2.45) is 5.92 Å². The van der Waals surface area contributed by atoms with E-state index in [1.807, 2.05) is 6.07 Å². The van der Waals surface area contributed by atoms with Crippen LogP contribution in [0.25, 0.3) is 0 Å². The van der Waals surface area contributed by atoms with Crippen LogP contribution in [0.3, 0.4) is 0 Å². The monoisotopic (exact) mass is 267 g/mol. The minimum atomic E-state index is 0.328. The van der Waals surface area contributed by atoms with Crippen molar-refractivity contribution in [3.8, 4) is 5.75 Å². The number of halogens is 1. The zero-order valence-corrected chi connectivity index (χ0v) is 11.7. The molecule has 0 aromatic heterocycles. The van der Waals surface area contributed by atoms with Crippen LogP contribution in [0.5, 0.6) is 5.75 Å². The summed E-state index contributed by atoms with van der Waals surface area (Å²) in [7, 11) is 0. The number of phenols is 1. The predicted molar refractivity (Wildman–Crippen MR) is 76.0 cm³/mol. The molecule has 1 aliphatic rings. The second-order valence-electron chi connectivity index (χ2n) is 5.46. The second-order valence-corrected chi connectivity index (χ2v) is 5.90. The van der Waals surface area contributed by atoms with Gasteiger partial charge in [-0.3, -0.25) is 0 Å². The molecule has 0 saturated heterocycles. The van der Waals surface area contributed by atoms with E-state index in [1.165, 1.54) is 32.1 Å². The van der Waals surface area contributed by atoms with Crippen molar-refractivity contribution in [3.05, 3.63) is 28.8 Å². The van der Waals surface area contributed by atoms with Gasteiger partial charge < -0.3 is 10.4 Å². The van der Waals surface area contributed by atoms with Crippen molar-refractivity contribution in [3.63, 3.8) is 0 Å². The van der Waals surface area contributed by atoms with Crippen molar-refractivity contribution >= 4 is 11.6 Å². The van der Waals surface area contributed by atoms with Crippen molar-refractivity contribution < 1.29 is 5.11 Å². The highest BCUT2D eigenvalue weighted by atomic mass is 35.5. The van der Waals surface area contributed by atoms with Gasteiger partial charge in [0.2, 0.25) is 0 Å². The number of benzene rings is 1. The number of hydrogen-bond acceptors (Lipinski definition) is 2. The van der Waals surface area contributed by atoms with Gasteiger partial charge in [-0.15, -0.1) is 0 Å². The molecule has 0 amide bonds. The molecule has 0 heterocycles. The Morgan fingerprint density at radius 3 is 2.94 bits per heavy atom. The average molecular weight is 268 g/mol. The minimum Gasteiger partial charge on any atom is -0.508 e. The lowest BCUT2D eigenvalue weighted by Crippen LogP contribution is -2.28. The van der Waals surface area contributed by atoms with E-state index < -0.39 is 0 Å². The Balaban J connectivity index is 1.88. The molecule has 1 fully saturated rings. The molecule has 1 aromatic carbocycles. The van der Waals surface area contributed by atoms with Crippen LogP contribution in [-0.2, 0) is 6.54 Å². The summed E-state index contributed by atoms with van der Waals surface area (Å²) in [6, 6.07) is 5.79. The van der Waals surface area contributed by atoms with Crippen LogP contribution in [-0.4, -0.2) is 11.1 Å². The standard InChI is InChI=1S/C15H22ClNO/c1-11-3-2-4-14(7-5-11)17-10-12-9-13(16)6-8-15(12)18/h6,8-9,11,14,17-18H,2-5,7,10H2,1H3. The largest absolute Gasteiger partial charge is 0.508 e. The van der Waals surface area contributed by atoms with Gasteiger partial charge in [0.15, 0.2) is 0 Å². The molecule has 3 heteroatoms. The Bertz CT molecular complexity index is 394. The summed E-state index contributed by atoms with van der Waals surface area (Å²) < 4.78 is 0. The van der Waals surface area contributed by atoms with Crippen LogP contribution in [0.2, 0.25) is 5.02 Å². The summed E-state index contributed by atoms with van der Waals surface area (Å²) in [6.45, 7) is 3.04. The minimum absolute atomic E-state index is 0.328. The molecule has 2 nitrogen and oxygen atoms in total. The van der Waals surface area contributed by atoms with Crippen LogP contribution in [0.4, 0.5) is 0 Å². The molecule has 0 radical (unpaired) electrons. The van der Waals surface area contributed by atoms with Crippen molar-refractivity contribution in [2.45, 2.75) is 51.6 Å². The number of phenolic OH excluding ortho intramolecular Hbond substituents is 1. The molecule has 2 N–H and O–H groups in total. The van der Waals surface area contributed by atoms with Crippen LogP contribution in [0.1, 0.15) is 44.6 Å². The van der Waals surface area contributed by atoms with Gasteiger partial charge in [0, 0.05) is 23.2 Å². The predicted octanol–water partition coefficient (Wildman–Crippen LogP) is 4.10. The highest BCUT2D eigenvalue weighted by Gasteiger charge is 2.16. The third-order valence-electron chi connectivity index (χ3n) is 3.88. The molecule has 1 saturated carbocycles. The van der Waals surface area contributed by atoms with Crippen LogP contribution >= 0.6 is 11.6 Å².